The molecule has 2 rings (SSSR count). The van der Waals surface area contributed by atoms with Crippen LogP contribution in [0.1, 0.15) is 5.56 Å². The van der Waals surface area contributed by atoms with E-state index in [4.69, 9.17) is 0 Å². The van der Waals surface area contributed by atoms with Crippen LogP contribution in [0.5, 0.6) is 0 Å². The van der Waals surface area contributed by atoms with Gasteiger partial charge in [0, 0.05) is 18.8 Å². The monoisotopic (exact) mass is 254 g/mol. The van der Waals surface area contributed by atoms with Crippen molar-refractivity contribution in [2.75, 3.05) is 0 Å². The highest BCUT2D eigenvalue weighted by molar-refractivity contribution is 7.90. The van der Waals surface area contributed by atoms with Crippen LogP contribution in [0.3, 0.4) is 0 Å². The van der Waals surface area contributed by atoms with Crippen LogP contribution in [-0.2, 0) is 22.6 Å². The van der Waals surface area contributed by atoms with Gasteiger partial charge < -0.3 is 0 Å². The molecule has 6 heteroatoms. The fourth-order valence-corrected chi connectivity index (χ4v) is 2.80. The summed E-state index contributed by atoms with van der Waals surface area (Å²) in [5.41, 5.74) is 0.608. The van der Waals surface area contributed by atoms with Crippen LogP contribution in [0, 0.1) is 5.82 Å². The SMILES string of the molecule is Cn1cc(CS(=O)(=O)c2ccc(F)cc2)cn1. The largest absolute Gasteiger partial charge is 0.276 e. The minimum absolute atomic E-state index is 0.114. The lowest BCUT2D eigenvalue weighted by molar-refractivity contribution is 0.594. The van der Waals surface area contributed by atoms with E-state index in [1.54, 1.807) is 13.2 Å². The third-order valence-electron chi connectivity index (χ3n) is 2.29. The predicted octanol–water partition coefficient (Wildman–Crippen LogP) is 1.53. The van der Waals surface area contributed by atoms with E-state index in [2.05, 4.69) is 5.10 Å². The van der Waals surface area contributed by atoms with E-state index in [1.165, 1.54) is 23.0 Å². The molecular weight excluding hydrogens is 243 g/mol. The fourth-order valence-electron chi connectivity index (χ4n) is 1.49. The molecule has 0 aliphatic heterocycles. The van der Waals surface area contributed by atoms with Gasteiger partial charge in [0.15, 0.2) is 9.84 Å². The highest BCUT2D eigenvalue weighted by Gasteiger charge is 2.16. The molecule has 0 saturated carbocycles. The second-order valence-corrected chi connectivity index (χ2v) is 5.72. The van der Waals surface area contributed by atoms with Crippen LogP contribution < -0.4 is 0 Å². The molecule has 0 atom stereocenters. The Bertz CT molecular complexity index is 617. The van der Waals surface area contributed by atoms with Crippen molar-refractivity contribution in [1.82, 2.24) is 9.78 Å². The Labute approximate surface area is 98.6 Å². The molecule has 0 amide bonds. The van der Waals surface area contributed by atoms with Gasteiger partial charge in [0.05, 0.1) is 16.8 Å². The van der Waals surface area contributed by atoms with Crippen LogP contribution in [0.25, 0.3) is 0 Å². The zero-order chi connectivity index (χ0) is 12.5. The molecule has 0 unspecified atom stereocenters. The van der Waals surface area contributed by atoms with E-state index < -0.39 is 15.7 Å². The summed E-state index contributed by atoms with van der Waals surface area (Å²) >= 11 is 0. The summed E-state index contributed by atoms with van der Waals surface area (Å²) in [5, 5.41) is 3.90. The Morgan fingerprint density at radius 1 is 1.29 bits per heavy atom. The van der Waals surface area contributed by atoms with Crippen molar-refractivity contribution < 1.29 is 12.8 Å². The predicted molar refractivity (Wildman–Crippen MR) is 60.5 cm³/mol. The summed E-state index contributed by atoms with van der Waals surface area (Å²) in [6.45, 7) is 0. The molecule has 0 N–H and O–H groups in total. The number of nitrogens with zero attached hydrogens (tertiary/aromatic N) is 2. The average Bonchev–Trinajstić information content (AvgIpc) is 2.63. The van der Waals surface area contributed by atoms with E-state index in [-0.39, 0.29) is 10.6 Å². The molecule has 17 heavy (non-hydrogen) atoms. The summed E-state index contributed by atoms with van der Waals surface area (Å²) in [6.07, 6.45) is 3.14. The molecule has 0 bridgehead atoms. The molecule has 0 spiro atoms. The molecule has 4 nitrogen and oxygen atoms in total. The first-order chi connectivity index (χ1) is 7.97. The van der Waals surface area contributed by atoms with Crippen molar-refractivity contribution in [2.24, 2.45) is 7.05 Å². The Hall–Kier alpha value is -1.69. The van der Waals surface area contributed by atoms with Crippen LogP contribution in [0.2, 0.25) is 0 Å². The van der Waals surface area contributed by atoms with Crippen molar-refractivity contribution in [3.8, 4) is 0 Å². The maximum Gasteiger partial charge on any atom is 0.182 e. The lowest BCUT2D eigenvalue weighted by Gasteiger charge is -2.02. The number of halogens is 1. The molecular formula is C11H11FN2O2S. The van der Waals surface area contributed by atoms with Crippen LogP contribution in [-0.4, -0.2) is 18.2 Å². The summed E-state index contributed by atoms with van der Waals surface area (Å²) in [7, 11) is -1.72. The highest BCUT2D eigenvalue weighted by atomic mass is 32.2. The van der Waals surface area contributed by atoms with Gasteiger partial charge in [-0.1, -0.05) is 0 Å². The van der Waals surface area contributed by atoms with Gasteiger partial charge in [-0.05, 0) is 24.3 Å². The lowest BCUT2D eigenvalue weighted by atomic mass is 10.3. The quantitative estimate of drug-likeness (QED) is 0.781. The summed E-state index contributed by atoms with van der Waals surface area (Å²) in [4.78, 5) is 0.114. The molecule has 0 radical (unpaired) electrons. The molecule has 0 aliphatic carbocycles. The van der Waals surface area contributed by atoms with Crippen LogP contribution in [0.15, 0.2) is 41.6 Å². The normalized spacial score (nSPS) is 11.6. The number of aromatic nitrogens is 2. The Morgan fingerprint density at radius 3 is 2.47 bits per heavy atom. The molecule has 0 fully saturated rings. The maximum absolute atomic E-state index is 12.7. The smallest absolute Gasteiger partial charge is 0.182 e. The molecule has 2 aromatic rings. The van der Waals surface area contributed by atoms with Gasteiger partial charge in [-0.15, -0.1) is 0 Å². The summed E-state index contributed by atoms with van der Waals surface area (Å²) in [5.74, 6) is -0.586. The summed E-state index contributed by atoms with van der Waals surface area (Å²) in [6, 6.07) is 4.80. The minimum Gasteiger partial charge on any atom is -0.276 e. The molecule has 90 valence electrons. The van der Waals surface area contributed by atoms with Gasteiger partial charge in [0.2, 0.25) is 0 Å². The molecule has 0 saturated heterocycles. The van der Waals surface area contributed by atoms with Crippen molar-refractivity contribution >= 4 is 9.84 Å². The van der Waals surface area contributed by atoms with Gasteiger partial charge in [0.1, 0.15) is 5.82 Å². The Balaban J connectivity index is 2.28. The minimum atomic E-state index is -3.44. The number of sulfone groups is 1. The summed E-state index contributed by atoms with van der Waals surface area (Å²) < 4.78 is 38.2. The Kier molecular flexibility index (Phi) is 2.97. The Morgan fingerprint density at radius 2 is 1.94 bits per heavy atom. The topological polar surface area (TPSA) is 52.0 Å². The third kappa shape index (κ3) is 2.71. The molecule has 0 aliphatic rings. The molecule has 1 heterocycles. The van der Waals surface area contributed by atoms with Crippen molar-refractivity contribution in [3.63, 3.8) is 0 Å². The second kappa shape index (κ2) is 4.29. The number of benzene rings is 1. The standard InChI is InChI=1S/C11H11FN2O2S/c1-14-7-9(6-13-14)8-17(15,16)11-4-2-10(12)3-5-11/h2-7H,8H2,1H3. The zero-order valence-electron chi connectivity index (χ0n) is 9.17. The van der Waals surface area contributed by atoms with Crippen LogP contribution in [0.4, 0.5) is 4.39 Å². The number of hydrogen-bond acceptors (Lipinski definition) is 3. The second-order valence-electron chi connectivity index (χ2n) is 3.74. The van der Waals surface area contributed by atoms with Gasteiger partial charge in [-0.25, -0.2) is 12.8 Å². The molecule has 1 aromatic heterocycles. The first-order valence-electron chi connectivity index (χ1n) is 4.93. The number of hydrogen-bond donors (Lipinski definition) is 0. The van der Waals surface area contributed by atoms with E-state index in [0.29, 0.717) is 5.56 Å². The van der Waals surface area contributed by atoms with E-state index >= 15 is 0 Å². The first kappa shape index (κ1) is 11.8. The van der Waals surface area contributed by atoms with Crippen LogP contribution >= 0.6 is 0 Å². The van der Waals surface area contributed by atoms with Gasteiger partial charge in [0.25, 0.3) is 0 Å². The average molecular weight is 254 g/mol. The zero-order valence-corrected chi connectivity index (χ0v) is 9.98. The van der Waals surface area contributed by atoms with Gasteiger partial charge >= 0.3 is 0 Å². The van der Waals surface area contributed by atoms with Gasteiger partial charge in [-0.2, -0.15) is 5.10 Å². The van der Waals surface area contributed by atoms with Gasteiger partial charge in [-0.3, -0.25) is 4.68 Å². The van der Waals surface area contributed by atoms with E-state index in [0.717, 1.165) is 12.1 Å². The fraction of sp³-hybridized carbons (Fsp3) is 0.182. The molecule has 1 aromatic carbocycles. The highest BCUT2D eigenvalue weighted by Crippen LogP contribution is 2.16. The first-order valence-corrected chi connectivity index (χ1v) is 6.58. The van der Waals surface area contributed by atoms with Crippen molar-refractivity contribution in [3.05, 3.63) is 48.0 Å². The van der Waals surface area contributed by atoms with E-state index in [9.17, 15) is 12.8 Å². The maximum atomic E-state index is 12.7. The number of aryl methyl sites for hydroxylation is 1. The van der Waals surface area contributed by atoms with Crippen molar-refractivity contribution in [1.29, 1.82) is 0 Å². The lowest BCUT2D eigenvalue weighted by Crippen LogP contribution is -2.04. The third-order valence-corrected chi connectivity index (χ3v) is 3.99. The van der Waals surface area contributed by atoms with E-state index in [1.807, 2.05) is 0 Å². The van der Waals surface area contributed by atoms with Crippen molar-refractivity contribution in [2.45, 2.75) is 10.6 Å². The number of rotatable bonds is 3.